The number of halogens is 2. The molecule has 30 heavy (non-hydrogen) atoms. The van der Waals surface area contributed by atoms with Crippen LogP contribution in [0, 0.1) is 24.7 Å². The van der Waals surface area contributed by atoms with E-state index >= 15 is 0 Å². The van der Waals surface area contributed by atoms with E-state index in [1.165, 1.54) is 0 Å². The average Bonchev–Trinajstić information content (AvgIpc) is 3.27. The Labute approximate surface area is 187 Å². The molecule has 1 N–H and O–H groups in total. The summed E-state index contributed by atoms with van der Waals surface area (Å²) in [5.41, 5.74) is 1.85. The lowest BCUT2D eigenvalue weighted by molar-refractivity contribution is -0.125. The highest BCUT2D eigenvalue weighted by Gasteiger charge is 2.46. The summed E-state index contributed by atoms with van der Waals surface area (Å²) in [5, 5.41) is 4.05. The summed E-state index contributed by atoms with van der Waals surface area (Å²) >= 11 is 12.1. The molecule has 8 heteroatoms. The molecule has 1 heterocycles. The molecule has 1 amide bonds. The molecule has 2 aromatic rings. The first-order chi connectivity index (χ1) is 14.2. The predicted molar refractivity (Wildman–Crippen MR) is 118 cm³/mol. The molecule has 0 spiro atoms. The van der Waals surface area contributed by atoms with Gasteiger partial charge in [-0.2, -0.15) is 4.31 Å². The van der Waals surface area contributed by atoms with E-state index in [-0.39, 0.29) is 23.7 Å². The van der Waals surface area contributed by atoms with Crippen LogP contribution in [0.5, 0.6) is 0 Å². The van der Waals surface area contributed by atoms with Crippen molar-refractivity contribution >= 4 is 39.1 Å². The highest BCUT2D eigenvalue weighted by atomic mass is 35.5. The molecule has 1 saturated carbocycles. The van der Waals surface area contributed by atoms with Crippen LogP contribution in [0.2, 0.25) is 10.0 Å². The second kappa shape index (κ2) is 8.50. The van der Waals surface area contributed by atoms with Gasteiger partial charge in [0.2, 0.25) is 15.9 Å². The number of carbonyl (C=O) groups is 1. The van der Waals surface area contributed by atoms with E-state index in [0.29, 0.717) is 47.4 Å². The van der Waals surface area contributed by atoms with Crippen LogP contribution in [0.3, 0.4) is 0 Å². The van der Waals surface area contributed by atoms with Crippen molar-refractivity contribution in [3.8, 4) is 0 Å². The summed E-state index contributed by atoms with van der Waals surface area (Å²) in [6.45, 7) is 3.25. The Morgan fingerprint density at radius 1 is 1.07 bits per heavy atom. The molecule has 2 fully saturated rings. The SMILES string of the molecule is Cc1ccc(S(=O)(=O)N2C[C@H]3CC(C(=O)NCc4ccc(Cl)cc4Cl)C[C@H]3C2)cc1. The Kier molecular flexibility index (Phi) is 6.13. The van der Waals surface area contributed by atoms with Gasteiger partial charge in [-0.15, -0.1) is 0 Å². The van der Waals surface area contributed by atoms with E-state index in [1.807, 2.05) is 25.1 Å². The van der Waals surface area contributed by atoms with Gasteiger partial charge in [0.05, 0.1) is 4.90 Å². The number of hydrogen-bond acceptors (Lipinski definition) is 3. The molecular formula is C22H24Cl2N2O3S. The van der Waals surface area contributed by atoms with Gasteiger partial charge in [0.25, 0.3) is 0 Å². The van der Waals surface area contributed by atoms with Crippen LogP contribution in [0.25, 0.3) is 0 Å². The largest absolute Gasteiger partial charge is 0.352 e. The van der Waals surface area contributed by atoms with Crippen molar-refractivity contribution in [1.82, 2.24) is 9.62 Å². The van der Waals surface area contributed by atoms with E-state index in [2.05, 4.69) is 5.32 Å². The molecule has 0 radical (unpaired) electrons. The maximum atomic E-state index is 12.9. The Hall–Kier alpha value is -1.60. The zero-order valence-corrected chi connectivity index (χ0v) is 19.0. The fraction of sp³-hybridized carbons (Fsp3) is 0.409. The molecule has 1 aliphatic heterocycles. The van der Waals surface area contributed by atoms with Gasteiger partial charge >= 0.3 is 0 Å². The first-order valence-electron chi connectivity index (χ1n) is 10.0. The number of fused-ring (bicyclic) bond motifs is 1. The van der Waals surface area contributed by atoms with Crippen LogP contribution in [0.1, 0.15) is 24.0 Å². The van der Waals surface area contributed by atoms with Crippen LogP contribution in [-0.4, -0.2) is 31.7 Å². The molecular weight excluding hydrogens is 443 g/mol. The third-order valence-electron chi connectivity index (χ3n) is 6.22. The van der Waals surface area contributed by atoms with E-state index in [9.17, 15) is 13.2 Å². The van der Waals surface area contributed by atoms with Gasteiger partial charge in [0.15, 0.2) is 0 Å². The van der Waals surface area contributed by atoms with Crippen molar-refractivity contribution in [3.63, 3.8) is 0 Å². The van der Waals surface area contributed by atoms with Gasteiger partial charge in [0, 0.05) is 35.6 Å². The molecule has 0 aromatic heterocycles. The molecule has 1 unspecified atom stereocenters. The smallest absolute Gasteiger partial charge is 0.243 e. The van der Waals surface area contributed by atoms with Gasteiger partial charge in [0.1, 0.15) is 0 Å². The normalized spacial score (nSPS) is 24.0. The number of benzene rings is 2. The first kappa shape index (κ1) is 21.6. The molecule has 1 aliphatic carbocycles. The van der Waals surface area contributed by atoms with Crippen LogP contribution >= 0.6 is 23.2 Å². The fourth-order valence-electron chi connectivity index (χ4n) is 4.52. The lowest BCUT2D eigenvalue weighted by Gasteiger charge is -2.19. The monoisotopic (exact) mass is 466 g/mol. The van der Waals surface area contributed by atoms with Crippen LogP contribution in [0.15, 0.2) is 47.4 Å². The molecule has 5 nitrogen and oxygen atoms in total. The van der Waals surface area contributed by atoms with E-state index in [0.717, 1.165) is 11.1 Å². The van der Waals surface area contributed by atoms with Gasteiger partial charge in [-0.05, 0) is 61.4 Å². The Morgan fingerprint density at radius 3 is 2.30 bits per heavy atom. The molecule has 0 bridgehead atoms. The van der Waals surface area contributed by atoms with Crippen molar-refractivity contribution in [2.75, 3.05) is 13.1 Å². The van der Waals surface area contributed by atoms with Crippen molar-refractivity contribution in [1.29, 1.82) is 0 Å². The third-order valence-corrected chi connectivity index (χ3v) is 8.65. The van der Waals surface area contributed by atoms with Crippen LogP contribution in [-0.2, 0) is 21.4 Å². The number of aryl methyl sites for hydroxylation is 1. The van der Waals surface area contributed by atoms with Crippen LogP contribution in [0.4, 0.5) is 0 Å². The van der Waals surface area contributed by atoms with E-state index in [4.69, 9.17) is 23.2 Å². The van der Waals surface area contributed by atoms with Gasteiger partial charge < -0.3 is 5.32 Å². The quantitative estimate of drug-likeness (QED) is 0.715. The number of rotatable bonds is 5. The summed E-state index contributed by atoms with van der Waals surface area (Å²) in [7, 11) is -3.48. The molecule has 160 valence electrons. The van der Waals surface area contributed by atoms with Crippen molar-refractivity contribution in [2.24, 2.45) is 17.8 Å². The summed E-state index contributed by atoms with van der Waals surface area (Å²) < 4.78 is 27.4. The van der Waals surface area contributed by atoms with Crippen molar-refractivity contribution < 1.29 is 13.2 Å². The minimum Gasteiger partial charge on any atom is -0.352 e. The Bertz CT molecular complexity index is 1040. The number of hydrogen-bond donors (Lipinski definition) is 1. The topological polar surface area (TPSA) is 66.5 Å². The number of carbonyl (C=O) groups excluding carboxylic acids is 1. The van der Waals surface area contributed by atoms with E-state index < -0.39 is 10.0 Å². The second-order valence-electron chi connectivity index (χ2n) is 8.28. The minimum atomic E-state index is -3.48. The summed E-state index contributed by atoms with van der Waals surface area (Å²) in [6, 6.07) is 12.2. The number of sulfonamides is 1. The lowest BCUT2D eigenvalue weighted by Crippen LogP contribution is -2.33. The number of nitrogens with one attached hydrogen (secondary N) is 1. The van der Waals surface area contributed by atoms with Crippen LogP contribution < -0.4 is 5.32 Å². The Balaban J connectivity index is 1.34. The highest BCUT2D eigenvalue weighted by Crippen LogP contribution is 2.43. The van der Waals surface area contributed by atoms with Gasteiger partial charge in [-0.1, -0.05) is 47.0 Å². The zero-order valence-electron chi connectivity index (χ0n) is 16.6. The molecule has 1 saturated heterocycles. The molecule has 4 rings (SSSR count). The van der Waals surface area contributed by atoms with E-state index in [1.54, 1.807) is 28.6 Å². The maximum absolute atomic E-state index is 12.9. The minimum absolute atomic E-state index is 0.00311. The third kappa shape index (κ3) is 4.37. The number of amides is 1. The van der Waals surface area contributed by atoms with Crippen molar-refractivity contribution in [3.05, 3.63) is 63.6 Å². The second-order valence-corrected chi connectivity index (χ2v) is 11.1. The van der Waals surface area contributed by atoms with Gasteiger partial charge in [-0.25, -0.2) is 8.42 Å². The zero-order chi connectivity index (χ0) is 21.5. The summed E-state index contributed by atoms with van der Waals surface area (Å²) in [4.78, 5) is 13.0. The molecule has 3 atom stereocenters. The lowest BCUT2D eigenvalue weighted by atomic mass is 10.0. The van der Waals surface area contributed by atoms with Crippen molar-refractivity contribution in [2.45, 2.75) is 31.2 Å². The molecule has 2 aromatic carbocycles. The fourth-order valence-corrected chi connectivity index (χ4v) is 6.55. The summed E-state index contributed by atoms with van der Waals surface area (Å²) in [5.74, 6) is 0.360. The predicted octanol–water partition coefficient (Wildman–Crippen LogP) is 4.26. The van der Waals surface area contributed by atoms with Gasteiger partial charge in [-0.3, -0.25) is 4.79 Å². The standard InChI is InChI=1S/C22H24Cl2N2O3S/c1-14-2-6-20(7-3-14)30(28,29)26-12-17-8-16(9-18(17)13-26)22(27)25-11-15-4-5-19(23)10-21(15)24/h2-7,10,16-18H,8-9,11-13H2,1H3,(H,25,27)/t16?,17-,18+. The summed E-state index contributed by atoms with van der Waals surface area (Å²) in [6.07, 6.45) is 1.43. The molecule has 2 aliphatic rings. The maximum Gasteiger partial charge on any atom is 0.243 e. The first-order valence-corrected chi connectivity index (χ1v) is 12.2. The number of nitrogens with zero attached hydrogens (tertiary/aromatic N) is 1. The average molecular weight is 467 g/mol. The highest BCUT2D eigenvalue weighted by molar-refractivity contribution is 7.89. The Morgan fingerprint density at radius 2 is 1.70 bits per heavy atom.